The molecule has 0 aliphatic rings. The Hall–Kier alpha value is -1.78. The molecule has 0 saturated heterocycles. The van der Waals surface area contributed by atoms with E-state index in [9.17, 15) is 4.79 Å². The molecule has 2 aromatic rings. The van der Waals surface area contributed by atoms with Crippen LogP contribution in [-0.2, 0) is 11.3 Å². The highest BCUT2D eigenvalue weighted by atomic mass is 35.5. The van der Waals surface area contributed by atoms with Gasteiger partial charge in [-0.1, -0.05) is 35.3 Å². The third-order valence-electron chi connectivity index (χ3n) is 2.88. The number of anilines is 2. The Kier molecular flexibility index (Phi) is 5.04. The molecule has 0 aliphatic carbocycles. The quantitative estimate of drug-likeness (QED) is 0.826. The lowest BCUT2D eigenvalue weighted by atomic mass is 10.2. The molecule has 2 N–H and O–H groups in total. The van der Waals surface area contributed by atoms with Crippen LogP contribution in [0.1, 0.15) is 18.1 Å². The Bertz CT molecular complexity index is 633. The predicted molar refractivity (Wildman–Crippen MR) is 87.1 cm³/mol. The van der Waals surface area contributed by atoms with Gasteiger partial charge in [-0.25, -0.2) is 4.98 Å². The fourth-order valence-corrected chi connectivity index (χ4v) is 2.51. The lowest BCUT2D eigenvalue weighted by Crippen LogP contribution is -2.06. The molecule has 2 rings (SSSR count). The number of hydrogen-bond acceptors (Lipinski definition) is 3. The van der Waals surface area contributed by atoms with Gasteiger partial charge in [-0.3, -0.25) is 4.79 Å². The molecule has 4 nitrogen and oxygen atoms in total. The topological polar surface area (TPSA) is 54.0 Å². The minimum absolute atomic E-state index is 0.0875. The van der Waals surface area contributed by atoms with Crippen LogP contribution < -0.4 is 10.6 Å². The maximum Gasteiger partial charge on any atom is 0.221 e. The average Bonchev–Trinajstić information content (AvgIpc) is 2.38. The molecule has 1 amide bonds. The molecule has 21 heavy (non-hydrogen) atoms. The van der Waals surface area contributed by atoms with Gasteiger partial charge < -0.3 is 10.6 Å². The minimum atomic E-state index is -0.0875. The smallest absolute Gasteiger partial charge is 0.221 e. The number of carbonyl (C=O) groups excluding carboxylic acids is 1. The van der Waals surface area contributed by atoms with Crippen molar-refractivity contribution in [2.24, 2.45) is 0 Å². The summed E-state index contributed by atoms with van der Waals surface area (Å²) in [5.41, 5.74) is 3.55. The zero-order valence-corrected chi connectivity index (χ0v) is 13.2. The van der Waals surface area contributed by atoms with Crippen molar-refractivity contribution in [2.45, 2.75) is 20.4 Å². The molecule has 1 aromatic heterocycles. The molecule has 0 aliphatic heterocycles. The first kappa shape index (κ1) is 15.6. The monoisotopic (exact) mass is 323 g/mol. The van der Waals surface area contributed by atoms with Crippen molar-refractivity contribution < 1.29 is 4.79 Å². The number of aryl methyl sites for hydroxylation is 1. The van der Waals surface area contributed by atoms with Crippen LogP contribution in [0.3, 0.4) is 0 Å². The number of hydrogen-bond donors (Lipinski definition) is 2. The van der Waals surface area contributed by atoms with Gasteiger partial charge in [0.05, 0.1) is 5.69 Å². The van der Waals surface area contributed by atoms with Crippen molar-refractivity contribution in [1.29, 1.82) is 0 Å². The zero-order chi connectivity index (χ0) is 15.4. The lowest BCUT2D eigenvalue weighted by Gasteiger charge is -2.12. The van der Waals surface area contributed by atoms with Crippen LogP contribution in [0.5, 0.6) is 0 Å². The third kappa shape index (κ3) is 4.34. The average molecular weight is 324 g/mol. The molecule has 6 heteroatoms. The van der Waals surface area contributed by atoms with E-state index in [1.54, 1.807) is 6.07 Å². The first-order chi connectivity index (χ1) is 9.95. The van der Waals surface area contributed by atoms with E-state index in [2.05, 4.69) is 15.6 Å². The van der Waals surface area contributed by atoms with Crippen LogP contribution in [0.4, 0.5) is 11.4 Å². The van der Waals surface area contributed by atoms with Crippen LogP contribution in [0.15, 0.2) is 30.3 Å². The van der Waals surface area contributed by atoms with Gasteiger partial charge in [-0.05, 0) is 36.2 Å². The third-order valence-corrected chi connectivity index (χ3v) is 3.35. The van der Waals surface area contributed by atoms with Crippen molar-refractivity contribution in [2.75, 3.05) is 10.6 Å². The first-order valence-electron chi connectivity index (χ1n) is 6.39. The summed E-state index contributed by atoms with van der Waals surface area (Å²) >= 11 is 11.9. The van der Waals surface area contributed by atoms with Gasteiger partial charge in [0.2, 0.25) is 5.91 Å². The fraction of sp³-hybridized carbons (Fsp3) is 0.200. The Labute approximate surface area is 133 Å². The SMILES string of the molecule is CC(=O)Nc1ccc(CNc2c(C)cc(Cl)nc2Cl)cc1. The van der Waals surface area contributed by atoms with E-state index in [0.717, 1.165) is 22.5 Å². The number of carbonyl (C=O) groups is 1. The minimum Gasteiger partial charge on any atom is -0.378 e. The van der Waals surface area contributed by atoms with Gasteiger partial charge in [-0.15, -0.1) is 0 Å². The summed E-state index contributed by atoms with van der Waals surface area (Å²) in [5.74, 6) is -0.0875. The van der Waals surface area contributed by atoms with E-state index in [0.29, 0.717) is 16.9 Å². The molecule has 0 spiro atoms. The summed E-state index contributed by atoms with van der Waals surface area (Å²) in [5, 5.41) is 6.70. The van der Waals surface area contributed by atoms with Crippen molar-refractivity contribution >= 4 is 40.5 Å². The molecular weight excluding hydrogens is 309 g/mol. The number of pyridine rings is 1. The highest BCUT2D eigenvalue weighted by Gasteiger charge is 2.07. The number of nitrogens with zero attached hydrogens (tertiary/aromatic N) is 1. The van der Waals surface area contributed by atoms with Crippen molar-refractivity contribution in [1.82, 2.24) is 4.98 Å². The van der Waals surface area contributed by atoms with Crippen LogP contribution in [-0.4, -0.2) is 10.9 Å². The second-order valence-electron chi connectivity index (χ2n) is 4.66. The van der Waals surface area contributed by atoms with E-state index in [-0.39, 0.29) is 5.91 Å². The largest absolute Gasteiger partial charge is 0.378 e. The van der Waals surface area contributed by atoms with E-state index < -0.39 is 0 Å². The van der Waals surface area contributed by atoms with E-state index in [1.165, 1.54) is 6.92 Å². The lowest BCUT2D eigenvalue weighted by molar-refractivity contribution is -0.114. The Morgan fingerprint density at radius 3 is 2.48 bits per heavy atom. The number of halogens is 2. The molecule has 110 valence electrons. The van der Waals surface area contributed by atoms with E-state index >= 15 is 0 Å². The van der Waals surface area contributed by atoms with Crippen molar-refractivity contribution in [3.8, 4) is 0 Å². The second-order valence-corrected chi connectivity index (χ2v) is 5.40. The van der Waals surface area contributed by atoms with Gasteiger partial charge in [0, 0.05) is 19.2 Å². The molecule has 0 bridgehead atoms. The van der Waals surface area contributed by atoms with Crippen LogP contribution in [0.25, 0.3) is 0 Å². The van der Waals surface area contributed by atoms with Crippen LogP contribution in [0, 0.1) is 6.92 Å². The zero-order valence-electron chi connectivity index (χ0n) is 11.7. The molecule has 1 aromatic carbocycles. The summed E-state index contributed by atoms with van der Waals surface area (Å²) in [4.78, 5) is 15.0. The maximum absolute atomic E-state index is 11.0. The summed E-state index contributed by atoms with van der Waals surface area (Å²) in [6.07, 6.45) is 0. The van der Waals surface area contributed by atoms with Gasteiger partial charge >= 0.3 is 0 Å². The Balaban J connectivity index is 2.05. The summed E-state index contributed by atoms with van der Waals surface area (Å²) in [6, 6.07) is 9.34. The fourth-order valence-electron chi connectivity index (χ4n) is 1.91. The predicted octanol–water partition coefficient (Wildman–Crippen LogP) is 4.27. The molecule has 0 atom stereocenters. The van der Waals surface area contributed by atoms with E-state index in [4.69, 9.17) is 23.2 Å². The second kappa shape index (κ2) is 6.78. The molecule has 1 heterocycles. The standard InChI is InChI=1S/C15H15Cl2N3O/c1-9-7-13(16)20-15(17)14(9)18-8-11-3-5-12(6-4-11)19-10(2)21/h3-7,18H,8H2,1-2H3,(H,19,21). The number of benzene rings is 1. The van der Waals surface area contributed by atoms with Gasteiger partial charge in [0.25, 0.3) is 0 Å². The maximum atomic E-state index is 11.0. The van der Waals surface area contributed by atoms with E-state index in [1.807, 2.05) is 31.2 Å². The Morgan fingerprint density at radius 1 is 1.24 bits per heavy atom. The van der Waals surface area contributed by atoms with Crippen LogP contribution in [0.2, 0.25) is 10.3 Å². The highest BCUT2D eigenvalue weighted by Crippen LogP contribution is 2.27. The molecule has 0 saturated carbocycles. The van der Waals surface area contributed by atoms with Crippen molar-refractivity contribution in [3.05, 3.63) is 51.8 Å². The molecule has 0 fully saturated rings. The summed E-state index contributed by atoms with van der Waals surface area (Å²) < 4.78 is 0. The molecule has 0 radical (unpaired) electrons. The number of amides is 1. The van der Waals surface area contributed by atoms with Gasteiger partial charge in [0.1, 0.15) is 5.15 Å². The number of nitrogens with one attached hydrogen (secondary N) is 2. The summed E-state index contributed by atoms with van der Waals surface area (Å²) in [6.45, 7) is 4.00. The summed E-state index contributed by atoms with van der Waals surface area (Å²) in [7, 11) is 0. The van der Waals surface area contributed by atoms with Crippen molar-refractivity contribution in [3.63, 3.8) is 0 Å². The number of aromatic nitrogens is 1. The molecule has 0 unspecified atom stereocenters. The first-order valence-corrected chi connectivity index (χ1v) is 7.14. The Morgan fingerprint density at radius 2 is 1.90 bits per heavy atom. The van der Waals surface area contributed by atoms with Gasteiger partial charge in [0.15, 0.2) is 5.15 Å². The highest BCUT2D eigenvalue weighted by molar-refractivity contribution is 6.34. The normalized spacial score (nSPS) is 10.3. The van der Waals surface area contributed by atoms with Crippen LogP contribution >= 0.6 is 23.2 Å². The number of rotatable bonds is 4. The molecular formula is C15H15Cl2N3O. The van der Waals surface area contributed by atoms with Gasteiger partial charge in [-0.2, -0.15) is 0 Å².